The SMILES string of the molecule is O=C(OC1CCC(c2ccc(OCOc3ccccc3)cc2)CC1)c1ccccc1. The first-order valence-corrected chi connectivity index (χ1v) is 10.4. The van der Waals surface area contributed by atoms with Crippen LogP contribution in [0.2, 0.25) is 0 Å². The average Bonchev–Trinajstić information content (AvgIpc) is 2.81. The van der Waals surface area contributed by atoms with E-state index in [-0.39, 0.29) is 18.9 Å². The molecule has 154 valence electrons. The summed E-state index contributed by atoms with van der Waals surface area (Å²) in [4.78, 5) is 12.2. The number of carbonyl (C=O) groups is 1. The van der Waals surface area contributed by atoms with E-state index in [1.165, 1.54) is 5.56 Å². The van der Waals surface area contributed by atoms with Gasteiger partial charge < -0.3 is 14.2 Å². The fourth-order valence-electron chi connectivity index (χ4n) is 3.83. The molecule has 0 atom stereocenters. The number of rotatable bonds is 7. The van der Waals surface area contributed by atoms with Crippen LogP contribution in [0, 0.1) is 0 Å². The summed E-state index contributed by atoms with van der Waals surface area (Å²) in [6.45, 7) is 0.182. The summed E-state index contributed by atoms with van der Waals surface area (Å²) in [5, 5.41) is 0. The summed E-state index contributed by atoms with van der Waals surface area (Å²) in [6, 6.07) is 27.0. The zero-order chi connectivity index (χ0) is 20.6. The van der Waals surface area contributed by atoms with E-state index >= 15 is 0 Å². The molecular formula is C26H26O4. The van der Waals surface area contributed by atoms with Crippen molar-refractivity contribution in [2.75, 3.05) is 6.79 Å². The van der Waals surface area contributed by atoms with Crippen molar-refractivity contribution in [3.63, 3.8) is 0 Å². The van der Waals surface area contributed by atoms with Crippen molar-refractivity contribution in [2.24, 2.45) is 0 Å². The molecule has 1 aliphatic carbocycles. The fraction of sp³-hybridized carbons (Fsp3) is 0.269. The molecule has 0 radical (unpaired) electrons. The molecule has 0 unspecified atom stereocenters. The smallest absolute Gasteiger partial charge is 0.338 e. The number of benzene rings is 3. The highest BCUT2D eigenvalue weighted by atomic mass is 16.7. The normalized spacial score (nSPS) is 18.4. The van der Waals surface area contributed by atoms with Crippen LogP contribution in [-0.2, 0) is 4.74 Å². The van der Waals surface area contributed by atoms with E-state index in [1.54, 1.807) is 12.1 Å². The van der Waals surface area contributed by atoms with Crippen LogP contribution >= 0.6 is 0 Å². The molecular weight excluding hydrogens is 376 g/mol. The molecule has 1 fully saturated rings. The highest BCUT2D eigenvalue weighted by molar-refractivity contribution is 5.89. The van der Waals surface area contributed by atoms with Gasteiger partial charge in [0.2, 0.25) is 6.79 Å². The fourth-order valence-corrected chi connectivity index (χ4v) is 3.83. The van der Waals surface area contributed by atoms with Gasteiger partial charge in [-0.3, -0.25) is 0 Å². The molecule has 4 heteroatoms. The van der Waals surface area contributed by atoms with Crippen molar-refractivity contribution in [3.05, 3.63) is 96.1 Å². The van der Waals surface area contributed by atoms with Crippen LogP contribution < -0.4 is 9.47 Å². The molecule has 0 amide bonds. The molecule has 3 aromatic carbocycles. The Bertz CT molecular complexity index is 914. The lowest BCUT2D eigenvalue weighted by atomic mass is 9.83. The van der Waals surface area contributed by atoms with Gasteiger partial charge in [0.05, 0.1) is 5.56 Å². The minimum absolute atomic E-state index is 0.00620. The molecule has 0 aromatic heterocycles. The third kappa shape index (κ3) is 5.41. The average molecular weight is 402 g/mol. The Labute approximate surface area is 177 Å². The maximum Gasteiger partial charge on any atom is 0.338 e. The van der Waals surface area contributed by atoms with Crippen LogP contribution in [0.4, 0.5) is 0 Å². The molecule has 30 heavy (non-hydrogen) atoms. The molecule has 3 aromatic rings. The van der Waals surface area contributed by atoms with Gasteiger partial charge in [-0.2, -0.15) is 0 Å². The predicted octanol–water partition coefficient (Wildman–Crippen LogP) is 5.99. The summed E-state index contributed by atoms with van der Waals surface area (Å²) in [7, 11) is 0. The topological polar surface area (TPSA) is 44.8 Å². The molecule has 4 rings (SSSR count). The van der Waals surface area contributed by atoms with Crippen LogP contribution in [0.25, 0.3) is 0 Å². The number of para-hydroxylation sites is 1. The maximum atomic E-state index is 12.2. The van der Waals surface area contributed by atoms with Gasteiger partial charge in [0.25, 0.3) is 0 Å². The van der Waals surface area contributed by atoms with Gasteiger partial charge in [0, 0.05) is 0 Å². The zero-order valence-corrected chi connectivity index (χ0v) is 16.9. The second-order valence-electron chi connectivity index (χ2n) is 7.53. The molecule has 0 bridgehead atoms. The standard InChI is InChI=1S/C26H26O4/c27-26(22-7-3-1-4-8-22)30-25-17-13-21(14-18-25)20-11-15-24(16-12-20)29-19-28-23-9-5-2-6-10-23/h1-12,15-16,21,25H,13-14,17-19H2. The van der Waals surface area contributed by atoms with Gasteiger partial charge in [-0.15, -0.1) is 0 Å². The van der Waals surface area contributed by atoms with Crippen LogP contribution in [0.3, 0.4) is 0 Å². The lowest BCUT2D eigenvalue weighted by Crippen LogP contribution is -2.23. The number of carbonyl (C=O) groups excluding carboxylic acids is 1. The van der Waals surface area contributed by atoms with Crippen molar-refractivity contribution in [1.29, 1.82) is 0 Å². The second-order valence-corrected chi connectivity index (χ2v) is 7.53. The summed E-state index contributed by atoms with van der Waals surface area (Å²) in [5.41, 5.74) is 1.92. The van der Waals surface area contributed by atoms with Gasteiger partial charge in [-0.25, -0.2) is 4.79 Å². The zero-order valence-electron chi connectivity index (χ0n) is 16.9. The molecule has 0 aliphatic heterocycles. The predicted molar refractivity (Wildman–Crippen MR) is 116 cm³/mol. The number of ether oxygens (including phenoxy) is 3. The quantitative estimate of drug-likeness (QED) is 0.360. The minimum Gasteiger partial charge on any atom is -0.459 e. The molecule has 0 spiro atoms. The first-order chi connectivity index (χ1) is 14.8. The Morgan fingerprint density at radius 3 is 1.90 bits per heavy atom. The van der Waals surface area contributed by atoms with E-state index in [0.717, 1.165) is 37.2 Å². The third-order valence-electron chi connectivity index (χ3n) is 5.50. The monoisotopic (exact) mass is 402 g/mol. The van der Waals surface area contributed by atoms with Crippen LogP contribution in [0.15, 0.2) is 84.9 Å². The van der Waals surface area contributed by atoms with Gasteiger partial charge >= 0.3 is 5.97 Å². The van der Waals surface area contributed by atoms with Crippen molar-refractivity contribution < 1.29 is 19.0 Å². The lowest BCUT2D eigenvalue weighted by Gasteiger charge is -2.28. The number of hydrogen-bond donors (Lipinski definition) is 0. The Morgan fingerprint density at radius 2 is 1.27 bits per heavy atom. The Kier molecular flexibility index (Phi) is 6.65. The lowest BCUT2D eigenvalue weighted by molar-refractivity contribution is 0.0195. The molecule has 4 nitrogen and oxygen atoms in total. The molecule has 1 saturated carbocycles. The van der Waals surface area contributed by atoms with E-state index in [9.17, 15) is 4.79 Å². The maximum absolute atomic E-state index is 12.2. The highest BCUT2D eigenvalue weighted by Gasteiger charge is 2.25. The third-order valence-corrected chi connectivity index (χ3v) is 5.50. The van der Waals surface area contributed by atoms with Crippen LogP contribution in [-0.4, -0.2) is 18.9 Å². The largest absolute Gasteiger partial charge is 0.459 e. The van der Waals surface area contributed by atoms with E-state index in [0.29, 0.717) is 11.5 Å². The minimum atomic E-state index is -0.224. The highest BCUT2D eigenvalue weighted by Crippen LogP contribution is 2.35. The first kappa shape index (κ1) is 20.0. The molecule has 1 aliphatic rings. The molecule has 0 saturated heterocycles. The Balaban J connectivity index is 1.22. The molecule has 0 heterocycles. The van der Waals surface area contributed by atoms with E-state index < -0.39 is 0 Å². The van der Waals surface area contributed by atoms with Crippen molar-refractivity contribution in [2.45, 2.75) is 37.7 Å². The van der Waals surface area contributed by atoms with Crippen LogP contribution in [0.1, 0.15) is 47.5 Å². The Morgan fingerprint density at radius 1 is 0.700 bits per heavy atom. The van der Waals surface area contributed by atoms with E-state index in [4.69, 9.17) is 14.2 Å². The summed E-state index contributed by atoms with van der Waals surface area (Å²) >= 11 is 0. The van der Waals surface area contributed by atoms with Gasteiger partial charge in [0.1, 0.15) is 17.6 Å². The second kappa shape index (κ2) is 9.97. The van der Waals surface area contributed by atoms with Gasteiger partial charge in [-0.1, -0.05) is 48.5 Å². The molecule has 0 N–H and O–H groups in total. The van der Waals surface area contributed by atoms with Gasteiger partial charge in [-0.05, 0) is 73.6 Å². The van der Waals surface area contributed by atoms with Crippen molar-refractivity contribution >= 4 is 5.97 Å². The summed E-state index contributed by atoms with van der Waals surface area (Å²) in [6.07, 6.45) is 3.83. The summed E-state index contributed by atoms with van der Waals surface area (Å²) in [5.74, 6) is 1.85. The number of esters is 1. The van der Waals surface area contributed by atoms with Gasteiger partial charge in [0.15, 0.2) is 0 Å². The van der Waals surface area contributed by atoms with E-state index in [1.807, 2.05) is 60.7 Å². The van der Waals surface area contributed by atoms with Crippen molar-refractivity contribution in [1.82, 2.24) is 0 Å². The van der Waals surface area contributed by atoms with Crippen molar-refractivity contribution in [3.8, 4) is 11.5 Å². The van der Waals surface area contributed by atoms with E-state index in [2.05, 4.69) is 12.1 Å². The first-order valence-electron chi connectivity index (χ1n) is 10.4. The number of hydrogen-bond acceptors (Lipinski definition) is 4. The van der Waals surface area contributed by atoms with Crippen LogP contribution in [0.5, 0.6) is 11.5 Å². The summed E-state index contributed by atoms with van der Waals surface area (Å²) < 4.78 is 16.9. The Hall–Kier alpha value is -3.27.